The molecule has 0 amide bonds. The summed E-state index contributed by atoms with van der Waals surface area (Å²) >= 11 is 0. The fourth-order valence-corrected chi connectivity index (χ4v) is 2.47. The van der Waals surface area contributed by atoms with Crippen LogP contribution in [0.5, 0.6) is 0 Å². The van der Waals surface area contributed by atoms with Crippen LogP contribution < -0.4 is 0 Å². The number of aryl methyl sites for hydroxylation is 1. The monoisotopic (exact) mass is 278 g/mol. The summed E-state index contributed by atoms with van der Waals surface area (Å²) in [5, 5.41) is 11.0. The zero-order chi connectivity index (χ0) is 14.7. The van der Waals surface area contributed by atoms with E-state index in [2.05, 4.69) is 4.98 Å². The first-order chi connectivity index (χ1) is 9.49. The molecule has 0 aliphatic heterocycles. The molecule has 1 heterocycles. The van der Waals surface area contributed by atoms with Crippen LogP contribution >= 0.6 is 0 Å². The molecule has 1 aromatic heterocycles. The van der Waals surface area contributed by atoms with E-state index in [9.17, 15) is 14.9 Å². The van der Waals surface area contributed by atoms with E-state index in [-0.39, 0.29) is 29.1 Å². The molecular formula is C14H18N2O4. The van der Waals surface area contributed by atoms with Gasteiger partial charge >= 0.3 is 0 Å². The second kappa shape index (κ2) is 6.09. The normalized spacial score (nSPS) is 16.4. The van der Waals surface area contributed by atoms with Gasteiger partial charge in [-0.05, 0) is 26.7 Å². The van der Waals surface area contributed by atoms with Gasteiger partial charge in [0, 0.05) is 24.6 Å². The number of ketones is 1. The number of Topliss-reactive ketones (excluding diaryl/α,β-unsaturated/α-hetero) is 1. The Bertz CT molecular complexity index is 532. The van der Waals surface area contributed by atoms with E-state index in [0.29, 0.717) is 29.7 Å². The quantitative estimate of drug-likeness (QED) is 0.624. The van der Waals surface area contributed by atoms with Gasteiger partial charge in [-0.2, -0.15) is 0 Å². The first-order valence-electron chi connectivity index (χ1n) is 6.71. The molecule has 6 heteroatoms. The van der Waals surface area contributed by atoms with E-state index in [4.69, 9.17) is 4.74 Å². The van der Waals surface area contributed by atoms with E-state index in [1.807, 2.05) is 0 Å². The van der Waals surface area contributed by atoms with Gasteiger partial charge in [0.15, 0.2) is 0 Å². The zero-order valence-electron chi connectivity index (χ0n) is 11.7. The topological polar surface area (TPSA) is 82.3 Å². The Kier molecular flexibility index (Phi) is 4.44. The van der Waals surface area contributed by atoms with Crippen LogP contribution in [0, 0.1) is 24.0 Å². The molecule has 0 unspecified atom stereocenters. The van der Waals surface area contributed by atoms with Crippen molar-refractivity contribution in [3.8, 4) is 0 Å². The summed E-state index contributed by atoms with van der Waals surface area (Å²) in [5.74, 6) is 0.283. The van der Waals surface area contributed by atoms with Crippen LogP contribution in [0.15, 0.2) is 6.20 Å². The smallest absolute Gasteiger partial charge is 0.278 e. The Morgan fingerprint density at radius 2 is 2.05 bits per heavy atom. The van der Waals surface area contributed by atoms with Crippen molar-refractivity contribution in [2.24, 2.45) is 0 Å². The molecule has 1 fully saturated rings. The fourth-order valence-electron chi connectivity index (χ4n) is 2.47. The van der Waals surface area contributed by atoms with Crippen molar-refractivity contribution in [1.29, 1.82) is 0 Å². The summed E-state index contributed by atoms with van der Waals surface area (Å²) in [5.41, 5.74) is 1.82. The number of nitrogens with zero attached hydrogens (tertiary/aromatic N) is 2. The Morgan fingerprint density at radius 3 is 2.65 bits per heavy atom. The average Bonchev–Trinajstić information content (AvgIpc) is 2.39. The summed E-state index contributed by atoms with van der Waals surface area (Å²) in [6, 6.07) is 0. The van der Waals surface area contributed by atoms with Gasteiger partial charge in [0.2, 0.25) is 0 Å². The maximum Gasteiger partial charge on any atom is 0.278 e. The average molecular weight is 278 g/mol. The van der Waals surface area contributed by atoms with Crippen LogP contribution in [0.25, 0.3) is 0 Å². The van der Waals surface area contributed by atoms with Crippen molar-refractivity contribution in [1.82, 2.24) is 4.98 Å². The zero-order valence-corrected chi connectivity index (χ0v) is 11.7. The molecule has 6 nitrogen and oxygen atoms in total. The highest BCUT2D eigenvalue weighted by Crippen LogP contribution is 2.25. The van der Waals surface area contributed by atoms with Crippen molar-refractivity contribution in [2.75, 3.05) is 0 Å². The van der Waals surface area contributed by atoms with Gasteiger partial charge in [-0.15, -0.1) is 0 Å². The van der Waals surface area contributed by atoms with Gasteiger partial charge in [-0.25, -0.2) is 0 Å². The van der Waals surface area contributed by atoms with Gasteiger partial charge in [0.25, 0.3) is 5.69 Å². The molecule has 0 radical (unpaired) electrons. The molecule has 108 valence electrons. The summed E-state index contributed by atoms with van der Waals surface area (Å²) in [6.07, 6.45) is 4.14. The molecule has 1 saturated carbocycles. The van der Waals surface area contributed by atoms with Crippen LogP contribution in [0.4, 0.5) is 5.69 Å². The van der Waals surface area contributed by atoms with Gasteiger partial charge < -0.3 is 4.74 Å². The van der Waals surface area contributed by atoms with E-state index < -0.39 is 0 Å². The predicted molar refractivity (Wildman–Crippen MR) is 72.4 cm³/mol. The molecule has 2 rings (SSSR count). The van der Waals surface area contributed by atoms with E-state index >= 15 is 0 Å². The Hall–Kier alpha value is -1.82. The number of hydrogen-bond donors (Lipinski definition) is 0. The van der Waals surface area contributed by atoms with Crippen LogP contribution in [-0.2, 0) is 16.1 Å². The molecule has 0 aromatic carbocycles. The first kappa shape index (κ1) is 14.6. The third-order valence-corrected chi connectivity index (χ3v) is 3.70. The first-order valence-corrected chi connectivity index (χ1v) is 6.71. The maximum atomic E-state index is 11.2. The molecule has 0 bridgehead atoms. The van der Waals surface area contributed by atoms with Gasteiger partial charge in [-0.3, -0.25) is 19.9 Å². The van der Waals surface area contributed by atoms with Crippen LogP contribution in [0.3, 0.4) is 0 Å². The summed E-state index contributed by atoms with van der Waals surface area (Å²) < 4.78 is 5.74. The number of ether oxygens (including phenoxy) is 1. The molecular weight excluding hydrogens is 260 g/mol. The number of nitro groups is 1. The van der Waals surface area contributed by atoms with Gasteiger partial charge in [-0.1, -0.05) is 0 Å². The SMILES string of the molecule is Cc1cnc(COC2CCC(=O)CC2)c(C)c1[N+](=O)[O-]. The van der Waals surface area contributed by atoms with E-state index in [1.54, 1.807) is 13.8 Å². The van der Waals surface area contributed by atoms with Gasteiger partial charge in [0.1, 0.15) is 5.78 Å². The molecule has 0 spiro atoms. The molecule has 0 atom stereocenters. The van der Waals surface area contributed by atoms with Crippen molar-refractivity contribution in [3.05, 3.63) is 33.1 Å². The number of hydrogen-bond acceptors (Lipinski definition) is 5. The summed E-state index contributed by atoms with van der Waals surface area (Å²) in [7, 11) is 0. The number of pyridine rings is 1. The summed E-state index contributed by atoms with van der Waals surface area (Å²) in [6.45, 7) is 3.63. The molecule has 20 heavy (non-hydrogen) atoms. The van der Waals surface area contributed by atoms with E-state index in [1.165, 1.54) is 6.20 Å². The largest absolute Gasteiger partial charge is 0.372 e. The lowest BCUT2D eigenvalue weighted by atomic mass is 9.96. The standard InChI is InChI=1S/C14H18N2O4/c1-9-7-15-13(10(2)14(9)16(18)19)8-20-12-5-3-11(17)4-6-12/h7,12H,3-6,8H2,1-2H3. The minimum absolute atomic E-state index is 0.0502. The minimum atomic E-state index is -0.380. The number of rotatable bonds is 4. The molecule has 0 saturated heterocycles. The van der Waals surface area contributed by atoms with Crippen LogP contribution in [0.1, 0.15) is 42.5 Å². The lowest BCUT2D eigenvalue weighted by Gasteiger charge is -2.21. The van der Waals surface area contributed by atoms with Crippen molar-refractivity contribution >= 4 is 11.5 Å². The lowest BCUT2D eigenvalue weighted by Crippen LogP contribution is -2.21. The maximum absolute atomic E-state index is 11.2. The van der Waals surface area contributed by atoms with Crippen molar-refractivity contribution < 1.29 is 14.5 Å². The second-order valence-electron chi connectivity index (χ2n) is 5.17. The summed E-state index contributed by atoms with van der Waals surface area (Å²) in [4.78, 5) is 26.0. The van der Waals surface area contributed by atoms with Gasteiger partial charge in [0.05, 0.1) is 28.9 Å². The van der Waals surface area contributed by atoms with Crippen LogP contribution in [0.2, 0.25) is 0 Å². The molecule has 1 aliphatic carbocycles. The number of aromatic nitrogens is 1. The predicted octanol–water partition coefficient (Wildman–Crippen LogP) is 2.63. The fraction of sp³-hybridized carbons (Fsp3) is 0.571. The second-order valence-corrected chi connectivity index (χ2v) is 5.17. The van der Waals surface area contributed by atoms with E-state index in [0.717, 1.165) is 12.8 Å². The Morgan fingerprint density at radius 1 is 1.40 bits per heavy atom. The van der Waals surface area contributed by atoms with Crippen molar-refractivity contribution in [3.63, 3.8) is 0 Å². The van der Waals surface area contributed by atoms with Crippen molar-refractivity contribution in [2.45, 2.75) is 52.2 Å². The van der Waals surface area contributed by atoms with Crippen LogP contribution in [-0.4, -0.2) is 21.8 Å². The minimum Gasteiger partial charge on any atom is -0.372 e. The highest BCUT2D eigenvalue weighted by atomic mass is 16.6. The number of carbonyl (C=O) groups is 1. The highest BCUT2D eigenvalue weighted by molar-refractivity contribution is 5.79. The highest BCUT2D eigenvalue weighted by Gasteiger charge is 2.22. The number of carbonyl (C=O) groups excluding carboxylic acids is 1. The molecule has 1 aromatic rings. The third-order valence-electron chi connectivity index (χ3n) is 3.70. The molecule has 0 N–H and O–H groups in total. The lowest BCUT2D eigenvalue weighted by molar-refractivity contribution is -0.386. The third kappa shape index (κ3) is 3.19. The molecule has 1 aliphatic rings. The Labute approximate surface area is 117 Å². The Balaban J connectivity index is 2.05.